The highest BCUT2D eigenvalue weighted by atomic mass is 32.1. The van der Waals surface area contributed by atoms with Crippen LogP contribution in [0.2, 0.25) is 0 Å². The molecule has 6 heteroatoms. The van der Waals surface area contributed by atoms with Crippen molar-refractivity contribution in [3.8, 4) is 0 Å². The second-order valence-electron chi connectivity index (χ2n) is 4.27. The first kappa shape index (κ1) is 14.1. The van der Waals surface area contributed by atoms with Crippen molar-refractivity contribution in [3.05, 3.63) is 46.8 Å². The zero-order valence-corrected chi connectivity index (χ0v) is 11.6. The number of aryl methyl sites for hydroxylation is 1. The van der Waals surface area contributed by atoms with Crippen molar-refractivity contribution in [2.75, 3.05) is 11.1 Å². The van der Waals surface area contributed by atoms with E-state index in [2.05, 4.69) is 5.32 Å². The van der Waals surface area contributed by atoms with E-state index in [0.29, 0.717) is 29.1 Å². The lowest BCUT2D eigenvalue weighted by Crippen LogP contribution is -2.16. The smallest absolute Gasteiger partial charge is 0.251 e. The SMILES string of the molecule is NC(=O)c1ccsc1NC(=O)CCc1ccccc1N. The Balaban J connectivity index is 1.95. The van der Waals surface area contributed by atoms with Crippen molar-refractivity contribution in [2.45, 2.75) is 12.8 Å². The van der Waals surface area contributed by atoms with E-state index in [-0.39, 0.29) is 5.91 Å². The average Bonchev–Trinajstić information content (AvgIpc) is 2.86. The number of hydrogen-bond donors (Lipinski definition) is 3. The van der Waals surface area contributed by atoms with Gasteiger partial charge in [-0.25, -0.2) is 0 Å². The summed E-state index contributed by atoms with van der Waals surface area (Å²) in [6.45, 7) is 0. The summed E-state index contributed by atoms with van der Waals surface area (Å²) in [6, 6.07) is 9.02. The maximum Gasteiger partial charge on any atom is 0.251 e. The van der Waals surface area contributed by atoms with Crippen LogP contribution in [0.1, 0.15) is 22.3 Å². The summed E-state index contributed by atoms with van der Waals surface area (Å²) in [5, 5.41) is 4.90. The number of anilines is 2. The molecule has 1 aromatic carbocycles. The summed E-state index contributed by atoms with van der Waals surface area (Å²) >= 11 is 1.27. The molecule has 1 aromatic heterocycles. The molecule has 0 aliphatic carbocycles. The Morgan fingerprint density at radius 3 is 2.65 bits per heavy atom. The number of primary amides is 1. The van der Waals surface area contributed by atoms with Gasteiger partial charge in [-0.05, 0) is 29.5 Å². The first-order valence-electron chi connectivity index (χ1n) is 6.08. The number of nitrogen functional groups attached to an aromatic ring is 1. The molecule has 2 rings (SSSR count). The van der Waals surface area contributed by atoms with Gasteiger partial charge in [0.2, 0.25) is 5.91 Å². The Kier molecular flexibility index (Phi) is 4.37. The van der Waals surface area contributed by atoms with Crippen molar-refractivity contribution >= 4 is 33.8 Å². The Bertz CT molecular complexity index is 637. The lowest BCUT2D eigenvalue weighted by atomic mass is 10.1. The van der Waals surface area contributed by atoms with E-state index in [9.17, 15) is 9.59 Å². The van der Waals surface area contributed by atoms with Gasteiger partial charge in [0, 0.05) is 12.1 Å². The lowest BCUT2D eigenvalue weighted by Gasteiger charge is -2.06. The molecule has 0 saturated carbocycles. The van der Waals surface area contributed by atoms with Crippen molar-refractivity contribution in [1.82, 2.24) is 0 Å². The van der Waals surface area contributed by atoms with E-state index in [1.807, 2.05) is 18.2 Å². The monoisotopic (exact) mass is 289 g/mol. The van der Waals surface area contributed by atoms with E-state index < -0.39 is 5.91 Å². The zero-order valence-electron chi connectivity index (χ0n) is 10.8. The second-order valence-corrected chi connectivity index (χ2v) is 5.19. The van der Waals surface area contributed by atoms with E-state index in [4.69, 9.17) is 11.5 Å². The van der Waals surface area contributed by atoms with Crippen LogP contribution in [0.15, 0.2) is 35.7 Å². The molecule has 0 radical (unpaired) electrons. The first-order valence-corrected chi connectivity index (χ1v) is 6.96. The molecule has 2 amide bonds. The largest absolute Gasteiger partial charge is 0.399 e. The summed E-state index contributed by atoms with van der Waals surface area (Å²) in [5.41, 5.74) is 13.0. The van der Waals surface area contributed by atoms with E-state index in [1.165, 1.54) is 11.3 Å². The van der Waals surface area contributed by atoms with Crippen LogP contribution in [-0.2, 0) is 11.2 Å². The fourth-order valence-electron chi connectivity index (χ4n) is 1.80. The number of para-hydroxylation sites is 1. The minimum absolute atomic E-state index is 0.168. The van der Waals surface area contributed by atoms with Gasteiger partial charge in [-0.1, -0.05) is 18.2 Å². The molecule has 1 heterocycles. The molecule has 0 atom stereocenters. The molecule has 0 aliphatic heterocycles. The third kappa shape index (κ3) is 3.36. The number of carbonyl (C=O) groups excluding carboxylic acids is 2. The van der Waals surface area contributed by atoms with Gasteiger partial charge >= 0.3 is 0 Å². The summed E-state index contributed by atoms with van der Waals surface area (Å²) in [7, 11) is 0. The van der Waals surface area contributed by atoms with Crippen LogP contribution in [-0.4, -0.2) is 11.8 Å². The maximum atomic E-state index is 11.9. The normalized spacial score (nSPS) is 10.2. The molecule has 104 valence electrons. The number of benzene rings is 1. The zero-order chi connectivity index (χ0) is 14.5. The summed E-state index contributed by atoms with van der Waals surface area (Å²) in [5.74, 6) is -0.716. The number of hydrogen-bond acceptors (Lipinski definition) is 4. The van der Waals surface area contributed by atoms with Gasteiger partial charge in [-0.15, -0.1) is 11.3 Å². The minimum Gasteiger partial charge on any atom is -0.399 e. The molecule has 0 saturated heterocycles. The molecular weight excluding hydrogens is 274 g/mol. The van der Waals surface area contributed by atoms with Crippen LogP contribution in [0, 0.1) is 0 Å². The van der Waals surface area contributed by atoms with Gasteiger partial charge in [0.1, 0.15) is 5.00 Å². The molecule has 0 aliphatic rings. The van der Waals surface area contributed by atoms with Gasteiger partial charge < -0.3 is 16.8 Å². The first-order chi connectivity index (χ1) is 9.58. The molecule has 0 unspecified atom stereocenters. The van der Waals surface area contributed by atoms with Crippen LogP contribution >= 0.6 is 11.3 Å². The molecule has 2 aromatic rings. The molecule has 20 heavy (non-hydrogen) atoms. The predicted molar refractivity (Wildman–Crippen MR) is 80.6 cm³/mol. The molecule has 0 bridgehead atoms. The predicted octanol–water partition coefficient (Wildman–Crippen LogP) is 2.00. The van der Waals surface area contributed by atoms with Gasteiger partial charge in [0.15, 0.2) is 0 Å². The van der Waals surface area contributed by atoms with Crippen LogP contribution in [0.25, 0.3) is 0 Å². The Morgan fingerprint density at radius 1 is 1.20 bits per heavy atom. The summed E-state index contributed by atoms with van der Waals surface area (Å²) < 4.78 is 0. The molecule has 0 spiro atoms. The van der Waals surface area contributed by atoms with Gasteiger partial charge in [0.05, 0.1) is 5.56 Å². The molecule has 5 nitrogen and oxygen atoms in total. The summed E-state index contributed by atoms with van der Waals surface area (Å²) in [6.07, 6.45) is 0.847. The number of rotatable bonds is 5. The number of nitrogens with two attached hydrogens (primary N) is 2. The van der Waals surface area contributed by atoms with Crippen molar-refractivity contribution in [1.29, 1.82) is 0 Å². The number of thiophene rings is 1. The number of carbonyl (C=O) groups is 2. The highest BCUT2D eigenvalue weighted by Gasteiger charge is 2.12. The topological polar surface area (TPSA) is 98.2 Å². The Morgan fingerprint density at radius 2 is 1.95 bits per heavy atom. The third-order valence-electron chi connectivity index (χ3n) is 2.86. The number of amides is 2. The molecule has 0 fully saturated rings. The van der Waals surface area contributed by atoms with Crippen molar-refractivity contribution < 1.29 is 9.59 Å². The lowest BCUT2D eigenvalue weighted by molar-refractivity contribution is -0.116. The van der Waals surface area contributed by atoms with Crippen LogP contribution < -0.4 is 16.8 Å². The summed E-state index contributed by atoms with van der Waals surface area (Å²) in [4.78, 5) is 23.0. The maximum absolute atomic E-state index is 11.9. The van der Waals surface area contributed by atoms with Crippen molar-refractivity contribution in [2.24, 2.45) is 5.73 Å². The van der Waals surface area contributed by atoms with Crippen LogP contribution in [0.5, 0.6) is 0 Å². The highest BCUT2D eigenvalue weighted by Crippen LogP contribution is 2.23. The quantitative estimate of drug-likeness (QED) is 0.734. The van der Waals surface area contributed by atoms with Gasteiger partial charge in [-0.2, -0.15) is 0 Å². The van der Waals surface area contributed by atoms with Crippen LogP contribution in [0.3, 0.4) is 0 Å². The van der Waals surface area contributed by atoms with E-state index in [0.717, 1.165) is 5.56 Å². The van der Waals surface area contributed by atoms with Gasteiger partial charge in [-0.3, -0.25) is 9.59 Å². The van der Waals surface area contributed by atoms with Gasteiger partial charge in [0.25, 0.3) is 5.91 Å². The minimum atomic E-state index is -0.547. The Hall–Kier alpha value is -2.34. The van der Waals surface area contributed by atoms with E-state index in [1.54, 1.807) is 17.5 Å². The average molecular weight is 289 g/mol. The van der Waals surface area contributed by atoms with E-state index >= 15 is 0 Å². The fraction of sp³-hybridized carbons (Fsp3) is 0.143. The fourth-order valence-corrected chi connectivity index (χ4v) is 2.61. The third-order valence-corrected chi connectivity index (χ3v) is 3.69. The second kappa shape index (κ2) is 6.21. The molecular formula is C14H15N3O2S. The number of nitrogens with one attached hydrogen (secondary N) is 1. The molecule has 5 N–H and O–H groups in total. The standard InChI is InChI=1S/C14H15N3O2S/c15-11-4-2-1-3-9(11)5-6-12(18)17-14-10(13(16)19)7-8-20-14/h1-4,7-8H,5-6,15H2,(H2,16,19)(H,17,18). The van der Waals surface area contributed by atoms with Crippen LogP contribution in [0.4, 0.5) is 10.7 Å². The Labute approximate surface area is 120 Å². The highest BCUT2D eigenvalue weighted by molar-refractivity contribution is 7.14. The van der Waals surface area contributed by atoms with Crippen molar-refractivity contribution in [3.63, 3.8) is 0 Å².